The molecule has 0 aliphatic carbocycles. The SMILES string of the molecule is CCCCCCCCCCCCCCCCCCCC(=O)[O-].CCCCCCCCCCCCCCCCCCCC(=O)[O-].[CH2]CCCCCCC.[HH].[Sn+2]. The van der Waals surface area contributed by atoms with E-state index in [2.05, 4.69) is 27.7 Å². The van der Waals surface area contributed by atoms with Crippen molar-refractivity contribution >= 4 is 35.8 Å². The minimum atomic E-state index is -0.902. The molecular formula is C48H97O4Sn. The van der Waals surface area contributed by atoms with Gasteiger partial charge in [0.15, 0.2) is 0 Å². The topological polar surface area (TPSA) is 80.3 Å². The largest absolute Gasteiger partial charge is 2.00 e. The van der Waals surface area contributed by atoms with E-state index in [1.54, 1.807) is 0 Å². The van der Waals surface area contributed by atoms with Crippen molar-refractivity contribution in [3.05, 3.63) is 6.92 Å². The van der Waals surface area contributed by atoms with Gasteiger partial charge in [0.05, 0.1) is 0 Å². The Hall–Kier alpha value is -0.261. The summed E-state index contributed by atoms with van der Waals surface area (Å²) in [5.41, 5.74) is 0. The zero-order valence-electron chi connectivity index (χ0n) is 36.5. The summed E-state index contributed by atoms with van der Waals surface area (Å²) >= 11 is 0. The number of carbonyl (C=O) groups excluding carboxylic acids is 2. The quantitative estimate of drug-likeness (QED) is 0.0453. The third-order valence-electron chi connectivity index (χ3n) is 10.3. The van der Waals surface area contributed by atoms with Crippen LogP contribution in [0.2, 0.25) is 0 Å². The van der Waals surface area contributed by atoms with Gasteiger partial charge >= 0.3 is 23.9 Å². The van der Waals surface area contributed by atoms with E-state index in [-0.39, 0.29) is 38.2 Å². The summed E-state index contributed by atoms with van der Waals surface area (Å²) in [6.07, 6.45) is 53.6. The second kappa shape index (κ2) is 58.4. The van der Waals surface area contributed by atoms with Crippen molar-refractivity contribution < 1.29 is 21.2 Å². The second-order valence-electron chi connectivity index (χ2n) is 15.8. The first-order valence-electron chi connectivity index (χ1n) is 23.6. The Balaban J connectivity index is -0.000000239. The van der Waals surface area contributed by atoms with E-state index < -0.39 is 11.9 Å². The standard InChI is InChI=1S/2C20H40O2.C8H17.Sn.H2/c2*1-2-3-4-5-6-7-8-9-10-11-12-13-14-15-16-17-18-19-20(21)22;1-3-5-7-8-6-4-2;;/h2*2-19H2,1H3,(H,21,22);1,3-8H2,2H3;;1H/q;;;+2;/p-2. The van der Waals surface area contributed by atoms with Gasteiger partial charge in [0.2, 0.25) is 0 Å². The molecule has 0 aliphatic rings. The fourth-order valence-corrected chi connectivity index (χ4v) is 6.77. The van der Waals surface area contributed by atoms with Crippen molar-refractivity contribution in [3.8, 4) is 0 Å². The first kappa shape index (κ1) is 59.4. The molecule has 0 fully saturated rings. The average Bonchev–Trinajstić information content (AvgIpc) is 3.13. The van der Waals surface area contributed by atoms with Gasteiger partial charge in [0.1, 0.15) is 0 Å². The number of carboxylic acids is 2. The molecule has 0 amide bonds. The average molecular weight is 857 g/mol. The van der Waals surface area contributed by atoms with Crippen molar-refractivity contribution in [2.45, 2.75) is 290 Å². The summed E-state index contributed by atoms with van der Waals surface area (Å²) in [4.78, 5) is 20.5. The van der Waals surface area contributed by atoms with Gasteiger partial charge in [-0.3, -0.25) is 0 Å². The molecule has 5 heteroatoms. The Morgan fingerprint density at radius 3 is 0.623 bits per heavy atom. The molecule has 0 saturated heterocycles. The van der Waals surface area contributed by atoms with Gasteiger partial charge < -0.3 is 19.8 Å². The molecule has 3 radical (unpaired) electrons. The van der Waals surface area contributed by atoms with Crippen molar-refractivity contribution in [1.82, 2.24) is 0 Å². The normalized spacial score (nSPS) is 10.6. The molecule has 0 rings (SSSR count). The summed E-state index contributed by atoms with van der Waals surface area (Å²) in [5.74, 6) is -1.80. The van der Waals surface area contributed by atoms with E-state index in [4.69, 9.17) is 0 Å². The molecule has 317 valence electrons. The van der Waals surface area contributed by atoms with Crippen LogP contribution in [-0.4, -0.2) is 35.8 Å². The van der Waals surface area contributed by atoms with Crippen LogP contribution in [0.5, 0.6) is 0 Å². The Kier molecular flexibility index (Phi) is 65.5. The van der Waals surface area contributed by atoms with Gasteiger partial charge in [0, 0.05) is 13.4 Å². The van der Waals surface area contributed by atoms with E-state index in [1.165, 1.54) is 225 Å². The zero-order chi connectivity index (χ0) is 38.9. The Morgan fingerprint density at radius 1 is 0.321 bits per heavy atom. The molecule has 0 aromatic heterocycles. The maximum Gasteiger partial charge on any atom is 2.00 e. The molecule has 0 atom stereocenters. The number of rotatable bonds is 41. The molecule has 0 spiro atoms. The van der Waals surface area contributed by atoms with Crippen molar-refractivity contribution in [2.24, 2.45) is 0 Å². The maximum absolute atomic E-state index is 10.2. The maximum atomic E-state index is 10.2. The third kappa shape index (κ3) is 70.1. The second-order valence-corrected chi connectivity index (χ2v) is 15.8. The molecule has 0 aromatic rings. The van der Waals surface area contributed by atoms with Crippen LogP contribution in [0.4, 0.5) is 0 Å². The molecule has 0 bridgehead atoms. The number of carboxylic acid groups (broad SMARTS) is 2. The fraction of sp³-hybridized carbons (Fsp3) is 0.938. The van der Waals surface area contributed by atoms with Crippen molar-refractivity contribution in [1.29, 1.82) is 0 Å². The monoisotopic (exact) mass is 858 g/mol. The van der Waals surface area contributed by atoms with E-state index in [9.17, 15) is 19.8 Å². The van der Waals surface area contributed by atoms with E-state index >= 15 is 0 Å². The predicted octanol–water partition coefficient (Wildman–Crippen LogP) is 14.6. The van der Waals surface area contributed by atoms with E-state index in [0.717, 1.165) is 32.1 Å². The first-order valence-corrected chi connectivity index (χ1v) is 23.6. The Morgan fingerprint density at radius 2 is 0.472 bits per heavy atom. The number of unbranched alkanes of at least 4 members (excludes halogenated alkanes) is 37. The number of aliphatic carboxylic acids is 2. The molecule has 0 N–H and O–H groups in total. The molecule has 0 heterocycles. The van der Waals surface area contributed by atoms with Crippen LogP contribution in [0.1, 0.15) is 292 Å². The van der Waals surface area contributed by atoms with Gasteiger partial charge in [0.25, 0.3) is 0 Å². The fourth-order valence-electron chi connectivity index (χ4n) is 6.77. The van der Waals surface area contributed by atoms with Crippen molar-refractivity contribution in [3.63, 3.8) is 0 Å². The minimum Gasteiger partial charge on any atom is -0.550 e. The summed E-state index contributed by atoms with van der Waals surface area (Å²) in [7, 11) is 0. The Labute approximate surface area is 352 Å². The number of carbonyl (C=O) groups is 2. The van der Waals surface area contributed by atoms with E-state index in [1.807, 2.05) is 0 Å². The Bertz CT molecular complexity index is 594. The smallest absolute Gasteiger partial charge is 0.550 e. The minimum absolute atomic E-state index is 0. The molecular weight excluding hydrogens is 759 g/mol. The van der Waals surface area contributed by atoms with Gasteiger partial charge in [-0.1, -0.05) is 272 Å². The van der Waals surface area contributed by atoms with Crippen molar-refractivity contribution in [2.75, 3.05) is 0 Å². The number of hydrogen-bond acceptors (Lipinski definition) is 4. The summed E-state index contributed by atoms with van der Waals surface area (Å²) in [6, 6.07) is 0. The van der Waals surface area contributed by atoms with Gasteiger partial charge in [-0.15, -0.1) is 0 Å². The van der Waals surface area contributed by atoms with Crippen LogP contribution < -0.4 is 10.2 Å². The predicted molar refractivity (Wildman–Crippen MR) is 234 cm³/mol. The first-order chi connectivity index (χ1) is 25.5. The molecule has 0 aliphatic heterocycles. The van der Waals surface area contributed by atoms with Crippen LogP contribution in [0.25, 0.3) is 0 Å². The van der Waals surface area contributed by atoms with Crippen LogP contribution in [-0.2, 0) is 9.59 Å². The summed E-state index contributed by atoms with van der Waals surface area (Å²) < 4.78 is 0. The van der Waals surface area contributed by atoms with Gasteiger partial charge in [-0.2, -0.15) is 0 Å². The number of hydrogen-bond donors (Lipinski definition) is 0. The molecule has 0 saturated carbocycles. The van der Waals surface area contributed by atoms with Crippen LogP contribution >= 0.6 is 0 Å². The molecule has 53 heavy (non-hydrogen) atoms. The molecule has 4 nitrogen and oxygen atoms in total. The van der Waals surface area contributed by atoms with Crippen LogP contribution in [0.15, 0.2) is 0 Å². The van der Waals surface area contributed by atoms with Gasteiger partial charge in [-0.05, 0) is 25.7 Å². The summed E-state index contributed by atoms with van der Waals surface area (Å²) in [6.45, 7) is 10.6. The van der Waals surface area contributed by atoms with Gasteiger partial charge in [-0.25, -0.2) is 0 Å². The third-order valence-corrected chi connectivity index (χ3v) is 10.3. The van der Waals surface area contributed by atoms with Crippen LogP contribution in [0.3, 0.4) is 0 Å². The molecule has 0 unspecified atom stereocenters. The summed E-state index contributed by atoms with van der Waals surface area (Å²) in [5, 5.41) is 20.5. The van der Waals surface area contributed by atoms with E-state index in [0.29, 0.717) is 0 Å². The molecule has 0 aromatic carbocycles. The van der Waals surface area contributed by atoms with Crippen LogP contribution in [0, 0.1) is 6.92 Å². The zero-order valence-corrected chi connectivity index (χ0v) is 39.4.